The molecule has 0 aliphatic heterocycles. The van der Waals surface area contributed by atoms with Crippen molar-refractivity contribution in [1.82, 2.24) is 5.32 Å². The quantitative estimate of drug-likeness (QED) is 0.819. The Balaban J connectivity index is 1.78. The Bertz CT molecular complexity index is 710. The average molecular weight is 325 g/mol. The van der Waals surface area contributed by atoms with Crippen LogP contribution in [0.15, 0.2) is 60.7 Å². The minimum Gasteiger partial charge on any atom is -0.481 e. The average Bonchev–Trinajstić information content (AvgIpc) is 2.58. The zero-order valence-electron chi connectivity index (χ0n) is 13.1. The molecule has 5 heteroatoms. The summed E-state index contributed by atoms with van der Waals surface area (Å²) >= 11 is 0. The third-order valence-electron chi connectivity index (χ3n) is 3.27. The van der Waals surface area contributed by atoms with E-state index in [0.29, 0.717) is 6.54 Å². The monoisotopic (exact) mass is 325 g/mol. The molecule has 1 amide bonds. The fourth-order valence-corrected chi connectivity index (χ4v) is 2.12. The number of nitrogens with one attached hydrogen (secondary N) is 1. The zero-order valence-corrected chi connectivity index (χ0v) is 13.1. The number of carbonyl (C=O) groups is 2. The number of hydrogen-bond donors (Lipinski definition) is 2. The van der Waals surface area contributed by atoms with Crippen molar-refractivity contribution in [3.8, 4) is 0 Å². The minimum absolute atomic E-state index is 0.0347. The lowest BCUT2D eigenvalue weighted by molar-refractivity contribution is -0.136. The molecule has 0 aliphatic rings. The summed E-state index contributed by atoms with van der Waals surface area (Å²) in [6, 6.07) is 16.7. The van der Waals surface area contributed by atoms with Gasteiger partial charge in [-0.2, -0.15) is 0 Å². The third-order valence-corrected chi connectivity index (χ3v) is 3.27. The van der Waals surface area contributed by atoms with Crippen LogP contribution >= 0.6 is 0 Å². The lowest BCUT2D eigenvalue weighted by atomic mass is 10.0. The predicted octanol–water partition coefficient (Wildman–Crippen LogP) is 3.25. The maximum absolute atomic E-state index is 11.6. The van der Waals surface area contributed by atoms with Gasteiger partial charge < -0.3 is 15.2 Å². The van der Waals surface area contributed by atoms with Crippen LogP contribution in [0.2, 0.25) is 0 Å². The highest BCUT2D eigenvalue weighted by molar-refractivity contribution is 5.72. The van der Waals surface area contributed by atoms with E-state index in [-0.39, 0.29) is 13.0 Å². The zero-order chi connectivity index (χ0) is 17.2. The second-order valence-electron chi connectivity index (χ2n) is 5.11. The van der Waals surface area contributed by atoms with Gasteiger partial charge in [0.15, 0.2) is 0 Å². The van der Waals surface area contributed by atoms with E-state index in [4.69, 9.17) is 9.84 Å². The number of ether oxygens (including phenoxy) is 1. The van der Waals surface area contributed by atoms with Gasteiger partial charge in [0.1, 0.15) is 6.61 Å². The highest BCUT2D eigenvalue weighted by Crippen LogP contribution is 2.11. The second-order valence-corrected chi connectivity index (χ2v) is 5.11. The Morgan fingerprint density at radius 3 is 2.50 bits per heavy atom. The van der Waals surface area contributed by atoms with E-state index in [0.717, 1.165) is 16.7 Å². The van der Waals surface area contributed by atoms with Crippen molar-refractivity contribution >= 4 is 18.1 Å². The van der Waals surface area contributed by atoms with Gasteiger partial charge in [-0.1, -0.05) is 66.7 Å². The molecular formula is C19H19NO4. The van der Waals surface area contributed by atoms with Crippen LogP contribution in [0.5, 0.6) is 0 Å². The highest BCUT2D eigenvalue weighted by atomic mass is 16.5. The predicted molar refractivity (Wildman–Crippen MR) is 91.4 cm³/mol. The van der Waals surface area contributed by atoms with E-state index in [1.807, 2.05) is 42.5 Å². The summed E-state index contributed by atoms with van der Waals surface area (Å²) in [6.45, 7) is 0.521. The summed E-state index contributed by atoms with van der Waals surface area (Å²) in [6.07, 6.45) is 3.01. The van der Waals surface area contributed by atoms with Gasteiger partial charge in [0, 0.05) is 6.54 Å². The van der Waals surface area contributed by atoms with Gasteiger partial charge in [-0.15, -0.1) is 0 Å². The number of benzene rings is 2. The summed E-state index contributed by atoms with van der Waals surface area (Å²) in [7, 11) is 0. The largest absolute Gasteiger partial charge is 0.481 e. The van der Waals surface area contributed by atoms with Crippen molar-refractivity contribution < 1.29 is 19.4 Å². The highest BCUT2D eigenvalue weighted by Gasteiger charge is 2.04. The topological polar surface area (TPSA) is 75.6 Å². The summed E-state index contributed by atoms with van der Waals surface area (Å²) in [5.41, 5.74) is 2.47. The molecule has 2 aromatic carbocycles. The molecule has 0 saturated heterocycles. The molecule has 0 bridgehead atoms. The van der Waals surface area contributed by atoms with Crippen molar-refractivity contribution in [3.63, 3.8) is 0 Å². The molecule has 0 fully saturated rings. The Labute approximate surface area is 140 Å². The van der Waals surface area contributed by atoms with Gasteiger partial charge in [0.25, 0.3) is 0 Å². The maximum Gasteiger partial charge on any atom is 0.407 e. The fraction of sp³-hybridized carbons (Fsp3) is 0.158. The van der Waals surface area contributed by atoms with Crippen molar-refractivity contribution in [2.75, 3.05) is 6.54 Å². The smallest absolute Gasteiger partial charge is 0.407 e. The van der Waals surface area contributed by atoms with Crippen LogP contribution in [0.4, 0.5) is 4.79 Å². The lowest BCUT2D eigenvalue weighted by Crippen LogP contribution is -2.24. The Morgan fingerprint density at radius 2 is 1.75 bits per heavy atom. The van der Waals surface area contributed by atoms with Crippen molar-refractivity contribution in [2.45, 2.75) is 13.0 Å². The molecule has 2 N–H and O–H groups in total. The number of carboxylic acid groups (broad SMARTS) is 1. The van der Waals surface area contributed by atoms with Crippen LogP contribution in [-0.4, -0.2) is 23.7 Å². The molecule has 0 unspecified atom stereocenters. The van der Waals surface area contributed by atoms with Crippen LogP contribution in [-0.2, 0) is 22.6 Å². The van der Waals surface area contributed by atoms with Crippen LogP contribution in [0.25, 0.3) is 6.08 Å². The number of aliphatic carboxylic acids is 1. The standard InChI is InChI=1S/C19H19NO4/c21-18(22)13-17-10-5-4-9-16(17)11-6-12-20-19(23)24-14-15-7-2-1-3-8-15/h1-11H,12-14H2,(H,20,23)(H,21,22). The van der Waals surface area contributed by atoms with Gasteiger partial charge in [0.05, 0.1) is 6.42 Å². The van der Waals surface area contributed by atoms with E-state index >= 15 is 0 Å². The van der Waals surface area contributed by atoms with Gasteiger partial charge in [-0.3, -0.25) is 4.79 Å². The number of amides is 1. The molecule has 2 aromatic rings. The van der Waals surface area contributed by atoms with Crippen molar-refractivity contribution in [3.05, 3.63) is 77.4 Å². The van der Waals surface area contributed by atoms with E-state index in [2.05, 4.69) is 5.32 Å². The van der Waals surface area contributed by atoms with E-state index in [9.17, 15) is 9.59 Å². The van der Waals surface area contributed by atoms with Gasteiger partial charge in [0.2, 0.25) is 0 Å². The van der Waals surface area contributed by atoms with Gasteiger partial charge >= 0.3 is 12.1 Å². The van der Waals surface area contributed by atoms with Gasteiger partial charge in [-0.05, 0) is 16.7 Å². The van der Waals surface area contributed by atoms with Gasteiger partial charge in [-0.25, -0.2) is 4.79 Å². The van der Waals surface area contributed by atoms with Crippen LogP contribution in [0.1, 0.15) is 16.7 Å². The normalized spacial score (nSPS) is 10.5. The van der Waals surface area contributed by atoms with E-state index in [1.54, 1.807) is 24.3 Å². The summed E-state index contributed by atoms with van der Waals surface area (Å²) in [4.78, 5) is 22.4. The number of rotatable bonds is 7. The molecule has 124 valence electrons. The Kier molecular flexibility index (Phi) is 6.58. The van der Waals surface area contributed by atoms with Crippen molar-refractivity contribution in [1.29, 1.82) is 0 Å². The summed E-state index contributed by atoms with van der Waals surface area (Å²) < 4.78 is 5.10. The molecule has 0 atom stereocenters. The molecule has 24 heavy (non-hydrogen) atoms. The lowest BCUT2D eigenvalue weighted by Gasteiger charge is -2.05. The SMILES string of the molecule is O=C(O)Cc1ccccc1C=CCNC(=O)OCc1ccccc1. The van der Waals surface area contributed by atoms with E-state index in [1.165, 1.54) is 0 Å². The minimum atomic E-state index is -0.876. The molecule has 2 rings (SSSR count). The number of alkyl carbamates (subject to hydrolysis) is 1. The van der Waals surface area contributed by atoms with Crippen LogP contribution in [0.3, 0.4) is 0 Å². The van der Waals surface area contributed by atoms with E-state index < -0.39 is 12.1 Å². The second kappa shape index (κ2) is 9.15. The number of carboxylic acids is 1. The molecule has 0 spiro atoms. The maximum atomic E-state index is 11.6. The Morgan fingerprint density at radius 1 is 1.04 bits per heavy atom. The fourth-order valence-electron chi connectivity index (χ4n) is 2.12. The van der Waals surface area contributed by atoms with Crippen molar-refractivity contribution in [2.24, 2.45) is 0 Å². The molecule has 5 nitrogen and oxygen atoms in total. The Hall–Kier alpha value is -3.08. The molecule has 0 saturated carbocycles. The van der Waals surface area contributed by atoms with Crippen LogP contribution in [0, 0.1) is 0 Å². The summed E-state index contributed by atoms with van der Waals surface area (Å²) in [5.74, 6) is -0.876. The number of carbonyl (C=O) groups excluding carboxylic acids is 1. The van der Waals surface area contributed by atoms with Crippen LogP contribution < -0.4 is 5.32 Å². The molecule has 0 radical (unpaired) electrons. The third kappa shape index (κ3) is 5.96. The first-order valence-electron chi connectivity index (χ1n) is 7.56. The first-order valence-corrected chi connectivity index (χ1v) is 7.56. The molecule has 0 aromatic heterocycles. The molecule has 0 aliphatic carbocycles. The molecular weight excluding hydrogens is 306 g/mol. The first-order chi connectivity index (χ1) is 11.6. The summed E-state index contributed by atoms with van der Waals surface area (Å²) in [5, 5.41) is 11.5. The first kappa shape index (κ1) is 17.3. The molecule has 0 heterocycles. The number of hydrogen-bond acceptors (Lipinski definition) is 3.